The van der Waals surface area contributed by atoms with Crippen molar-refractivity contribution in [1.29, 1.82) is 0 Å². The summed E-state index contributed by atoms with van der Waals surface area (Å²) in [6, 6.07) is 4.45. The molecule has 1 fully saturated rings. The van der Waals surface area contributed by atoms with Crippen LogP contribution in [-0.4, -0.2) is 42.3 Å². The van der Waals surface area contributed by atoms with Crippen LogP contribution in [0.3, 0.4) is 0 Å². The van der Waals surface area contributed by atoms with Crippen LogP contribution < -0.4 is 5.32 Å². The second-order valence-electron chi connectivity index (χ2n) is 4.33. The third kappa shape index (κ3) is 3.33. The first-order valence-electron chi connectivity index (χ1n) is 5.97. The van der Waals surface area contributed by atoms with Crippen molar-refractivity contribution in [3.63, 3.8) is 0 Å². The summed E-state index contributed by atoms with van der Waals surface area (Å²) in [6.07, 6.45) is 4.19. The van der Waals surface area contributed by atoms with Crippen LogP contribution in [0.25, 0.3) is 0 Å². The SMILES string of the molecule is OCCN(Cc1ccco1)CC1CCCN1. The number of hydrogen-bond donors (Lipinski definition) is 2. The molecule has 1 unspecified atom stereocenters. The first-order chi connectivity index (χ1) is 7.88. The molecule has 1 atom stereocenters. The summed E-state index contributed by atoms with van der Waals surface area (Å²) < 4.78 is 5.33. The Morgan fingerprint density at radius 2 is 2.50 bits per heavy atom. The number of hydrogen-bond acceptors (Lipinski definition) is 4. The van der Waals surface area contributed by atoms with E-state index in [0.29, 0.717) is 12.6 Å². The molecule has 1 aliphatic heterocycles. The molecule has 0 aromatic carbocycles. The molecule has 0 radical (unpaired) electrons. The fraction of sp³-hybridized carbons (Fsp3) is 0.667. The van der Waals surface area contributed by atoms with Crippen molar-refractivity contribution in [2.75, 3.05) is 26.2 Å². The van der Waals surface area contributed by atoms with Crippen LogP contribution in [0.5, 0.6) is 0 Å². The summed E-state index contributed by atoms with van der Waals surface area (Å²) in [5.41, 5.74) is 0. The maximum Gasteiger partial charge on any atom is 0.117 e. The minimum atomic E-state index is 0.202. The summed E-state index contributed by atoms with van der Waals surface area (Å²) in [6.45, 7) is 3.80. The van der Waals surface area contributed by atoms with E-state index < -0.39 is 0 Å². The minimum absolute atomic E-state index is 0.202. The van der Waals surface area contributed by atoms with E-state index in [4.69, 9.17) is 9.52 Å². The Morgan fingerprint density at radius 3 is 3.12 bits per heavy atom. The van der Waals surface area contributed by atoms with Gasteiger partial charge in [0.05, 0.1) is 19.4 Å². The van der Waals surface area contributed by atoms with Gasteiger partial charge in [0.15, 0.2) is 0 Å². The van der Waals surface area contributed by atoms with Crippen LogP contribution in [0, 0.1) is 0 Å². The standard InChI is InChI=1S/C12H20N2O2/c15-7-6-14(9-11-3-1-5-13-11)10-12-4-2-8-16-12/h2,4,8,11,13,15H,1,3,5-7,9-10H2. The first-order valence-corrected chi connectivity index (χ1v) is 5.97. The number of nitrogens with zero attached hydrogens (tertiary/aromatic N) is 1. The lowest BCUT2D eigenvalue weighted by Crippen LogP contribution is -2.38. The van der Waals surface area contributed by atoms with Gasteiger partial charge in [0.2, 0.25) is 0 Å². The lowest BCUT2D eigenvalue weighted by atomic mass is 10.2. The van der Waals surface area contributed by atoms with Crippen LogP contribution in [0.4, 0.5) is 0 Å². The molecule has 0 aliphatic carbocycles. The Balaban J connectivity index is 1.83. The molecule has 0 bridgehead atoms. The Morgan fingerprint density at radius 1 is 1.56 bits per heavy atom. The van der Waals surface area contributed by atoms with Gasteiger partial charge >= 0.3 is 0 Å². The van der Waals surface area contributed by atoms with Gasteiger partial charge in [0.25, 0.3) is 0 Å². The smallest absolute Gasteiger partial charge is 0.117 e. The number of aliphatic hydroxyl groups is 1. The van der Waals surface area contributed by atoms with Crippen molar-refractivity contribution in [1.82, 2.24) is 10.2 Å². The highest BCUT2D eigenvalue weighted by Crippen LogP contribution is 2.10. The number of aliphatic hydroxyl groups excluding tert-OH is 1. The van der Waals surface area contributed by atoms with E-state index in [9.17, 15) is 0 Å². The van der Waals surface area contributed by atoms with Gasteiger partial charge in [-0.05, 0) is 31.5 Å². The Labute approximate surface area is 96.2 Å². The molecule has 16 heavy (non-hydrogen) atoms. The van der Waals surface area contributed by atoms with Crippen LogP contribution in [0.1, 0.15) is 18.6 Å². The zero-order chi connectivity index (χ0) is 11.2. The molecule has 2 N–H and O–H groups in total. The topological polar surface area (TPSA) is 48.6 Å². The Kier molecular flexibility index (Phi) is 4.39. The molecule has 1 aromatic heterocycles. The van der Waals surface area contributed by atoms with E-state index in [1.807, 2.05) is 12.1 Å². The fourth-order valence-corrected chi connectivity index (χ4v) is 2.22. The average molecular weight is 224 g/mol. The van der Waals surface area contributed by atoms with E-state index in [2.05, 4.69) is 10.2 Å². The van der Waals surface area contributed by atoms with Crippen molar-refractivity contribution in [2.45, 2.75) is 25.4 Å². The highest BCUT2D eigenvalue weighted by molar-refractivity contribution is 4.98. The minimum Gasteiger partial charge on any atom is -0.468 e. The van der Waals surface area contributed by atoms with E-state index in [-0.39, 0.29) is 6.61 Å². The normalized spacial score (nSPS) is 20.8. The van der Waals surface area contributed by atoms with E-state index in [1.165, 1.54) is 12.8 Å². The quantitative estimate of drug-likeness (QED) is 0.751. The first kappa shape index (κ1) is 11.6. The van der Waals surface area contributed by atoms with E-state index in [1.54, 1.807) is 6.26 Å². The monoisotopic (exact) mass is 224 g/mol. The zero-order valence-electron chi connectivity index (χ0n) is 9.56. The summed E-state index contributed by atoms with van der Waals surface area (Å²) in [4.78, 5) is 2.24. The average Bonchev–Trinajstić information content (AvgIpc) is 2.91. The van der Waals surface area contributed by atoms with Gasteiger partial charge in [-0.25, -0.2) is 0 Å². The lowest BCUT2D eigenvalue weighted by Gasteiger charge is -2.23. The zero-order valence-corrected chi connectivity index (χ0v) is 9.56. The largest absolute Gasteiger partial charge is 0.468 e. The van der Waals surface area contributed by atoms with Gasteiger partial charge in [0, 0.05) is 19.1 Å². The van der Waals surface area contributed by atoms with Crippen molar-refractivity contribution < 1.29 is 9.52 Å². The predicted molar refractivity (Wildman–Crippen MR) is 62.1 cm³/mol. The highest BCUT2D eigenvalue weighted by atomic mass is 16.3. The summed E-state index contributed by atoms with van der Waals surface area (Å²) in [5, 5.41) is 12.5. The molecule has 2 heterocycles. The van der Waals surface area contributed by atoms with Gasteiger partial charge < -0.3 is 14.8 Å². The van der Waals surface area contributed by atoms with Crippen LogP contribution in [-0.2, 0) is 6.54 Å². The lowest BCUT2D eigenvalue weighted by molar-refractivity contribution is 0.170. The third-order valence-corrected chi connectivity index (χ3v) is 3.02. The van der Waals surface area contributed by atoms with E-state index >= 15 is 0 Å². The molecule has 4 heteroatoms. The molecule has 0 saturated carbocycles. The Bertz CT molecular complexity index is 281. The molecule has 0 amide bonds. The Hall–Kier alpha value is -0.840. The molecule has 4 nitrogen and oxygen atoms in total. The summed E-state index contributed by atoms with van der Waals surface area (Å²) in [5.74, 6) is 0.964. The number of nitrogens with one attached hydrogen (secondary N) is 1. The second kappa shape index (κ2) is 6.03. The molecule has 1 aliphatic rings. The number of furan rings is 1. The van der Waals surface area contributed by atoms with Crippen molar-refractivity contribution in [3.05, 3.63) is 24.2 Å². The molecular formula is C12H20N2O2. The maximum atomic E-state index is 9.05. The molecule has 2 rings (SSSR count). The molecule has 1 saturated heterocycles. The predicted octanol–water partition coefficient (Wildman–Crippen LogP) is 0.826. The van der Waals surface area contributed by atoms with Gasteiger partial charge in [-0.2, -0.15) is 0 Å². The molecule has 1 aromatic rings. The van der Waals surface area contributed by atoms with Gasteiger partial charge in [-0.15, -0.1) is 0 Å². The second-order valence-corrected chi connectivity index (χ2v) is 4.33. The van der Waals surface area contributed by atoms with Crippen LogP contribution >= 0.6 is 0 Å². The van der Waals surface area contributed by atoms with Gasteiger partial charge in [-0.1, -0.05) is 0 Å². The maximum absolute atomic E-state index is 9.05. The van der Waals surface area contributed by atoms with Crippen LogP contribution in [0.2, 0.25) is 0 Å². The van der Waals surface area contributed by atoms with Gasteiger partial charge in [-0.3, -0.25) is 4.90 Å². The molecule has 0 spiro atoms. The third-order valence-electron chi connectivity index (χ3n) is 3.02. The molecular weight excluding hydrogens is 204 g/mol. The number of rotatable bonds is 6. The summed E-state index contributed by atoms with van der Waals surface area (Å²) >= 11 is 0. The van der Waals surface area contributed by atoms with Crippen molar-refractivity contribution in [3.8, 4) is 0 Å². The van der Waals surface area contributed by atoms with Gasteiger partial charge in [0.1, 0.15) is 5.76 Å². The van der Waals surface area contributed by atoms with E-state index in [0.717, 1.165) is 25.4 Å². The molecule has 90 valence electrons. The van der Waals surface area contributed by atoms with Crippen LogP contribution in [0.15, 0.2) is 22.8 Å². The fourth-order valence-electron chi connectivity index (χ4n) is 2.22. The highest BCUT2D eigenvalue weighted by Gasteiger charge is 2.18. The van der Waals surface area contributed by atoms with Crippen molar-refractivity contribution >= 4 is 0 Å². The summed E-state index contributed by atoms with van der Waals surface area (Å²) in [7, 11) is 0. The van der Waals surface area contributed by atoms with Crippen molar-refractivity contribution in [2.24, 2.45) is 0 Å².